The lowest BCUT2D eigenvalue weighted by molar-refractivity contribution is 0.669. The summed E-state index contributed by atoms with van der Waals surface area (Å²) in [6, 6.07) is 83.0. The molecule has 0 aliphatic carbocycles. The number of furan rings is 1. The second-order valence-electron chi connectivity index (χ2n) is 15.7. The van der Waals surface area contributed by atoms with E-state index < -0.39 is 0 Å². The van der Waals surface area contributed by atoms with Crippen LogP contribution in [-0.2, 0) is 0 Å². The third-order valence-corrected chi connectivity index (χ3v) is 12.2. The molecule has 10 aromatic carbocycles. The van der Waals surface area contributed by atoms with Gasteiger partial charge in [-0.05, 0) is 99.8 Å². The van der Waals surface area contributed by atoms with Gasteiger partial charge in [-0.15, -0.1) is 0 Å². The van der Waals surface area contributed by atoms with Gasteiger partial charge in [0.15, 0.2) is 0 Å². The van der Waals surface area contributed by atoms with Crippen LogP contribution in [0.15, 0.2) is 235 Å². The Morgan fingerprint density at radius 1 is 0.344 bits per heavy atom. The molecule has 0 spiro atoms. The number of aromatic nitrogens is 1. The van der Waals surface area contributed by atoms with E-state index in [4.69, 9.17) is 4.42 Å². The third-order valence-electron chi connectivity index (χ3n) is 12.2. The van der Waals surface area contributed by atoms with Crippen molar-refractivity contribution in [3.05, 3.63) is 231 Å². The quantitative estimate of drug-likeness (QED) is 0.161. The monoisotopic (exact) mass is 778 g/mol. The van der Waals surface area contributed by atoms with Crippen molar-refractivity contribution in [1.82, 2.24) is 4.57 Å². The standard InChI is InChI=1S/C58H38N2O/c1-2-16-41-37-43(32-31-39(41)15-1)46-19-3-8-25-52(46)59(55-28-11-6-22-49(55)50-24-14-30-57-58(50)51-23-7-12-29-56(51)61-57)44-35-33-40(34-36-44)42-17-13-18-45(38-42)60-53-26-9-4-20-47(53)48-21-5-10-27-54(48)60/h1-38H. The van der Waals surface area contributed by atoms with Crippen LogP contribution < -0.4 is 4.90 Å². The number of hydrogen-bond acceptors (Lipinski definition) is 2. The third kappa shape index (κ3) is 5.82. The average Bonchev–Trinajstić information content (AvgIpc) is 3.88. The van der Waals surface area contributed by atoms with Crippen LogP contribution in [0.2, 0.25) is 0 Å². The molecule has 0 saturated carbocycles. The molecule has 12 aromatic rings. The van der Waals surface area contributed by atoms with Gasteiger partial charge in [0.1, 0.15) is 11.2 Å². The molecule has 0 radical (unpaired) electrons. The van der Waals surface area contributed by atoms with Crippen LogP contribution in [0.25, 0.3) is 93.6 Å². The number of fused-ring (bicyclic) bond motifs is 7. The molecule has 3 nitrogen and oxygen atoms in total. The van der Waals surface area contributed by atoms with Crippen LogP contribution in [0, 0.1) is 0 Å². The van der Waals surface area contributed by atoms with E-state index >= 15 is 0 Å². The van der Waals surface area contributed by atoms with Crippen molar-refractivity contribution in [2.45, 2.75) is 0 Å². The lowest BCUT2D eigenvalue weighted by Crippen LogP contribution is -2.12. The summed E-state index contributed by atoms with van der Waals surface area (Å²) in [7, 11) is 0. The topological polar surface area (TPSA) is 21.3 Å². The molecule has 12 rings (SSSR count). The number of para-hydroxylation sites is 5. The second kappa shape index (κ2) is 14.3. The minimum absolute atomic E-state index is 0.879. The van der Waals surface area contributed by atoms with Gasteiger partial charge in [0, 0.05) is 44.0 Å². The fraction of sp³-hybridized carbons (Fsp3) is 0. The molecule has 0 atom stereocenters. The Labute approximate surface area is 353 Å². The van der Waals surface area contributed by atoms with Crippen LogP contribution in [0.1, 0.15) is 0 Å². The highest BCUT2D eigenvalue weighted by atomic mass is 16.3. The van der Waals surface area contributed by atoms with Gasteiger partial charge >= 0.3 is 0 Å². The maximum Gasteiger partial charge on any atom is 0.136 e. The molecule has 0 saturated heterocycles. The molecule has 0 N–H and O–H groups in total. The van der Waals surface area contributed by atoms with Crippen LogP contribution in [-0.4, -0.2) is 4.57 Å². The Kier molecular flexibility index (Phi) is 8.17. The smallest absolute Gasteiger partial charge is 0.136 e. The van der Waals surface area contributed by atoms with Gasteiger partial charge in [-0.1, -0.05) is 164 Å². The molecular formula is C58H38N2O. The van der Waals surface area contributed by atoms with E-state index in [1.807, 2.05) is 6.07 Å². The normalized spacial score (nSPS) is 11.6. The molecule has 2 aromatic heterocycles. The summed E-state index contributed by atoms with van der Waals surface area (Å²) in [5, 5.41) is 7.19. The van der Waals surface area contributed by atoms with Crippen molar-refractivity contribution in [3.8, 4) is 39.1 Å². The Hall–Kier alpha value is -8.14. The highest BCUT2D eigenvalue weighted by Gasteiger charge is 2.23. The van der Waals surface area contributed by atoms with Gasteiger partial charge in [-0.2, -0.15) is 0 Å². The predicted molar refractivity (Wildman–Crippen MR) is 257 cm³/mol. The van der Waals surface area contributed by atoms with Crippen molar-refractivity contribution in [1.29, 1.82) is 0 Å². The van der Waals surface area contributed by atoms with Crippen LogP contribution in [0.5, 0.6) is 0 Å². The van der Waals surface area contributed by atoms with Crippen molar-refractivity contribution >= 4 is 71.6 Å². The first-order valence-electron chi connectivity index (χ1n) is 20.8. The van der Waals surface area contributed by atoms with E-state index in [0.717, 1.165) is 72.5 Å². The summed E-state index contributed by atoms with van der Waals surface area (Å²) in [5.74, 6) is 0. The first-order valence-corrected chi connectivity index (χ1v) is 20.8. The Bertz CT molecular complexity index is 3560. The zero-order valence-electron chi connectivity index (χ0n) is 33.2. The lowest BCUT2D eigenvalue weighted by Gasteiger charge is -2.30. The lowest BCUT2D eigenvalue weighted by atomic mass is 9.95. The van der Waals surface area contributed by atoms with Gasteiger partial charge in [0.25, 0.3) is 0 Å². The van der Waals surface area contributed by atoms with E-state index in [1.165, 1.54) is 38.1 Å². The first kappa shape index (κ1) is 34.9. The molecule has 2 heterocycles. The summed E-state index contributed by atoms with van der Waals surface area (Å²) in [4.78, 5) is 2.43. The fourth-order valence-electron chi connectivity index (χ4n) is 9.40. The molecule has 0 bridgehead atoms. The Morgan fingerprint density at radius 2 is 0.918 bits per heavy atom. The molecule has 0 amide bonds. The summed E-state index contributed by atoms with van der Waals surface area (Å²) < 4.78 is 8.79. The molecule has 61 heavy (non-hydrogen) atoms. The molecule has 286 valence electrons. The van der Waals surface area contributed by atoms with Gasteiger partial charge < -0.3 is 13.9 Å². The summed E-state index contributed by atoms with van der Waals surface area (Å²) in [6.07, 6.45) is 0. The average molecular weight is 779 g/mol. The number of rotatable bonds is 7. The summed E-state index contributed by atoms with van der Waals surface area (Å²) in [5.41, 5.74) is 15.4. The SMILES string of the molecule is c1cc(-c2ccc(N(c3ccccc3-c3ccc4ccccc4c3)c3ccccc3-c3cccc4oc5ccccc5c34)cc2)cc(-n2c3ccccc3c3ccccc32)c1. The van der Waals surface area contributed by atoms with Gasteiger partial charge in [0.05, 0.1) is 22.4 Å². The molecular weight excluding hydrogens is 741 g/mol. The van der Waals surface area contributed by atoms with Gasteiger partial charge in [-0.25, -0.2) is 0 Å². The van der Waals surface area contributed by atoms with Crippen LogP contribution in [0.3, 0.4) is 0 Å². The highest BCUT2D eigenvalue weighted by Crippen LogP contribution is 2.47. The Morgan fingerprint density at radius 3 is 1.70 bits per heavy atom. The van der Waals surface area contributed by atoms with E-state index in [2.05, 4.69) is 234 Å². The zero-order chi connectivity index (χ0) is 40.3. The van der Waals surface area contributed by atoms with E-state index in [-0.39, 0.29) is 0 Å². The molecule has 0 aliphatic rings. The summed E-state index contributed by atoms with van der Waals surface area (Å²) >= 11 is 0. The molecule has 0 aliphatic heterocycles. The maximum atomic E-state index is 6.41. The maximum absolute atomic E-state index is 6.41. The van der Waals surface area contributed by atoms with E-state index in [9.17, 15) is 0 Å². The zero-order valence-corrected chi connectivity index (χ0v) is 33.2. The van der Waals surface area contributed by atoms with E-state index in [0.29, 0.717) is 0 Å². The van der Waals surface area contributed by atoms with Crippen molar-refractivity contribution in [2.75, 3.05) is 4.90 Å². The molecule has 0 unspecified atom stereocenters. The predicted octanol–water partition coefficient (Wildman–Crippen LogP) is 16.3. The molecule has 3 heteroatoms. The second-order valence-corrected chi connectivity index (χ2v) is 15.7. The first-order chi connectivity index (χ1) is 30.3. The fourth-order valence-corrected chi connectivity index (χ4v) is 9.40. The minimum Gasteiger partial charge on any atom is -0.456 e. The minimum atomic E-state index is 0.879. The van der Waals surface area contributed by atoms with Gasteiger partial charge in [-0.3, -0.25) is 0 Å². The molecule has 0 fully saturated rings. The number of benzene rings is 10. The van der Waals surface area contributed by atoms with Crippen molar-refractivity contribution in [2.24, 2.45) is 0 Å². The summed E-state index contributed by atoms with van der Waals surface area (Å²) in [6.45, 7) is 0. The number of nitrogens with zero attached hydrogens (tertiary/aromatic N) is 2. The van der Waals surface area contributed by atoms with Crippen molar-refractivity contribution < 1.29 is 4.42 Å². The number of hydrogen-bond donors (Lipinski definition) is 0. The van der Waals surface area contributed by atoms with Gasteiger partial charge in [0.2, 0.25) is 0 Å². The highest BCUT2D eigenvalue weighted by molar-refractivity contribution is 6.14. The van der Waals surface area contributed by atoms with Crippen molar-refractivity contribution in [3.63, 3.8) is 0 Å². The number of anilines is 3. The van der Waals surface area contributed by atoms with E-state index in [1.54, 1.807) is 0 Å². The van der Waals surface area contributed by atoms with Crippen LogP contribution >= 0.6 is 0 Å². The van der Waals surface area contributed by atoms with Crippen LogP contribution in [0.4, 0.5) is 17.1 Å². The largest absolute Gasteiger partial charge is 0.456 e. The Balaban J connectivity index is 1.03.